The zero-order chi connectivity index (χ0) is 13.7. The Labute approximate surface area is 116 Å². The molecule has 2 nitrogen and oxygen atoms in total. The average molecular weight is 264 g/mol. The number of benzene rings is 1. The van der Waals surface area contributed by atoms with E-state index in [1.54, 1.807) is 0 Å². The van der Waals surface area contributed by atoms with E-state index in [0.717, 1.165) is 24.7 Å². The second-order valence-corrected chi connectivity index (χ2v) is 5.81. The van der Waals surface area contributed by atoms with Gasteiger partial charge in [0.25, 0.3) is 0 Å². The molecule has 1 saturated carbocycles. The van der Waals surface area contributed by atoms with Crippen molar-refractivity contribution in [1.29, 1.82) is 0 Å². The number of likely N-dealkylation sites (N-methyl/N-ethyl adjacent to an activating group) is 1. The fraction of sp³-hybridized carbons (Fsp3) is 0.625. The van der Waals surface area contributed by atoms with Crippen LogP contribution in [-0.2, 0) is 0 Å². The first-order valence-electron chi connectivity index (χ1n) is 7.35. The predicted octanol–water partition coefficient (Wildman–Crippen LogP) is 3.43. The molecule has 1 aromatic carbocycles. The monoisotopic (exact) mass is 264 g/mol. The average Bonchev–Trinajstić information content (AvgIpc) is 2.41. The number of hydrogen-bond acceptors (Lipinski definition) is 2. The second-order valence-electron chi connectivity index (χ2n) is 5.81. The van der Waals surface area contributed by atoms with Gasteiger partial charge in [-0.1, -0.05) is 6.92 Å². The SMILES string of the molecule is CC1CCC(NCCN(C)c2ccc(F)cc2)CC1. The Kier molecular flexibility index (Phi) is 5.20. The summed E-state index contributed by atoms with van der Waals surface area (Å²) in [6, 6.07) is 7.39. The highest BCUT2D eigenvalue weighted by molar-refractivity contribution is 5.45. The zero-order valence-corrected chi connectivity index (χ0v) is 12.0. The molecule has 0 aliphatic heterocycles. The number of nitrogens with one attached hydrogen (secondary N) is 1. The minimum absolute atomic E-state index is 0.174. The predicted molar refractivity (Wildman–Crippen MR) is 79.1 cm³/mol. The van der Waals surface area contributed by atoms with Gasteiger partial charge in [-0.15, -0.1) is 0 Å². The molecule has 1 aliphatic rings. The van der Waals surface area contributed by atoms with Crippen molar-refractivity contribution < 1.29 is 4.39 Å². The summed E-state index contributed by atoms with van der Waals surface area (Å²) in [5, 5.41) is 3.64. The van der Waals surface area contributed by atoms with Gasteiger partial charge in [0, 0.05) is 31.9 Å². The third-order valence-electron chi connectivity index (χ3n) is 4.16. The van der Waals surface area contributed by atoms with Crippen molar-refractivity contribution >= 4 is 5.69 Å². The van der Waals surface area contributed by atoms with E-state index in [1.807, 2.05) is 12.1 Å². The fourth-order valence-electron chi connectivity index (χ4n) is 2.73. The number of nitrogens with zero attached hydrogens (tertiary/aromatic N) is 1. The first kappa shape index (κ1) is 14.3. The number of hydrogen-bond donors (Lipinski definition) is 1. The highest BCUT2D eigenvalue weighted by atomic mass is 19.1. The molecule has 0 radical (unpaired) electrons. The van der Waals surface area contributed by atoms with Gasteiger partial charge in [-0.05, 0) is 55.9 Å². The summed E-state index contributed by atoms with van der Waals surface area (Å²) in [6.45, 7) is 4.29. The smallest absolute Gasteiger partial charge is 0.123 e. The lowest BCUT2D eigenvalue weighted by Gasteiger charge is -2.28. The van der Waals surface area contributed by atoms with Gasteiger partial charge in [-0.2, -0.15) is 0 Å². The zero-order valence-electron chi connectivity index (χ0n) is 12.0. The van der Waals surface area contributed by atoms with Crippen molar-refractivity contribution in [1.82, 2.24) is 5.32 Å². The Balaban J connectivity index is 1.69. The van der Waals surface area contributed by atoms with Gasteiger partial charge < -0.3 is 10.2 Å². The molecule has 1 aliphatic carbocycles. The quantitative estimate of drug-likeness (QED) is 0.876. The van der Waals surface area contributed by atoms with Crippen LogP contribution >= 0.6 is 0 Å². The van der Waals surface area contributed by atoms with Crippen molar-refractivity contribution in [2.45, 2.75) is 38.6 Å². The van der Waals surface area contributed by atoms with Crippen molar-refractivity contribution in [3.63, 3.8) is 0 Å². The molecular formula is C16H25FN2. The van der Waals surface area contributed by atoms with E-state index in [-0.39, 0.29) is 5.82 Å². The van der Waals surface area contributed by atoms with Gasteiger partial charge in [0.1, 0.15) is 5.82 Å². The Morgan fingerprint density at radius 1 is 1.16 bits per heavy atom. The molecule has 106 valence electrons. The fourth-order valence-corrected chi connectivity index (χ4v) is 2.73. The van der Waals surface area contributed by atoms with Crippen LogP contribution in [0.3, 0.4) is 0 Å². The van der Waals surface area contributed by atoms with Crippen LogP contribution < -0.4 is 10.2 Å². The molecule has 3 heteroatoms. The van der Waals surface area contributed by atoms with Gasteiger partial charge in [0.15, 0.2) is 0 Å². The molecule has 19 heavy (non-hydrogen) atoms. The van der Waals surface area contributed by atoms with Crippen LogP contribution in [0.2, 0.25) is 0 Å². The Hall–Kier alpha value is -1.09. The maximum atomic E-state index is 12.8. The summed E-state index contributed by atoms with van der Waals surface area (Å²) >= 11 is 0. The number of rotatable bonds is 5. The van der Waals surface area contributed by atoms with Gasteiger partial charge in [0.2, 0.25) is 0 Å². The summed E-state index contributed by atoms with van der Waals surface area (Å²) in [7, 11) is 2.05. The van der Waals surface area contributed by atoms with Crippen LogP contribution in [-0.4, -0.2) is 26.2 Å². The van der Waals surface area contributed by atoms with E-state index >= 15 is 0 Å². The van der Waals surface area contributed by atoms with E-state index in [4.69, 9.17) is 0 Å². The van der Waals surface area contributed by atoms with Crippen molar-refractivity contribution in [3.05, 3.63) is 30.1 Å². The van der Waals surface area contributed by atoms with Crippen LogP contribution in [0.5, 0.6) is 0 Å². The summed E-state index contributed by atoms with van der Waals surface area (Å²) in [4.78, 5) is 2.16. The summed E-state index contributed by atoms with van der Waals surface area (Å²) in [6.07, 6.45) is 5.32. The minimum atomic E-state index is -0.174. The molecule has 0 aromatic heterocycles. The number of anilines is 1. The molecule has 2 rings (SSSR count). The Bertz CT molecular complexity index is 369. The first-order chi connectivity index (χ1) is 9.15. The summed E-state index contributed by atoms with van der Waals surface area (Å²) in [5.74, 6) is 0.728. The normalized spacial score (nSPS) is 23.3. The standard InChI is InChI=1S/C16H25FN2/c1-13-3-7-15(8-4-13)18-11-12-19(2)16-9-5-14(17)6-10-16/h5-6,9-10,13,15,18H,3-4,7-8,11-12H2,1-2H3. The Morgan fingerprint density at radius 2 is 1.79 bits per heavy atom. The lowest BCUT2D eigenvalue weighted by molar-refractivity contribution is 0.309. The van der Waals surface area contributed by atoms with Crippen molar-refractivity contribution in [3.8, 4) is 0 Å². The molecule has 0 saturated heterocycles. The molecule has 0 bridgehead atoms. The van der Waals surface area contributed by atoms with E-state index in [9.17, 15) is 4.39 Å². The largest absolute Gasteiger partial charge is 0.373 e. The van der Waals surface area contributed by atoms with Gasteiger partial charge in [-0.3, -0.25) is 0 Å². The Morgan fingerprint density at radius 3 is 2.42 bits per heavy atom. The third-order valence-corrected chi connectivity index (χ3v) is 4.16. The van der Waals surface area contributed by atoms with Crippen LogP contribution in [0.1, 0.15) is 32.6 Å². The van der Waals surface area contributed by atoms with Crippen LogP contribution in [0, 0.1) is 11.7 Å². The molecule has 0 heterocycles. The first-order valence-corrected chi connectivity index (χ1v) is 7.35. The molecular weight excluding hydrogens is 239 g/mol. The maximum Gasteiger partial charge on any atom is 0.123 e. The van der Waals surface area contributed by atoms with Crippen LogP contribution in [0.4, 0.5) is 10.1 Å². The van der Waals surface area contributed by atoms with E-state index in [2.05, 4.69) is 24.2 Å². The van der Waals surface area contributed by atoms with Crippen molar-refractivity contribution in [2.24, 2.45) is 5.92 Å². The molecule has 0 unspecified atom stereocenters. The third kappa shape index (κ3) is 4.50. The summed E-state index contributed by atoms with van der Waals surface area (Å²) < 4.78 is 12.8. The van der Waals surface area contributed by atoms with Gasteiger partial charge >= 0.3 is 0 Å². The summed E-state index contributed by atoms with van der Waals surface area (Å²) in [5.41, 5.74) is 1.07. The molecule has 1 aromatic rings. The molecule has 0 amide bonds. The highest BCUT2D eigenvalue weighted by Gasteiger charge is 2.17. The van der Waals surface area contributed by atoms with E-state index in [0.29, 0.717) is 6.04 Å². The van der Waals surface area contributed by atoms with E-state index in [1.165, 1.54) is 37.8 Å². The molecule has 0 atom stereocenters. The van der Waals surface area contributed by atoms with Crippen molar-refractivity contribution in [2.75, 3.05) is 25.0 Å². The van der Waals surface area contributed by atoms with E-state index < -0.39 is 0 Å². The topological polar surface area (TPSA) is 15.3 Å². The van der Waals surface area contributed by atoms with Crippen LogP contribution in [0.15, 0.2) is 24.3 Å². The second kappa shape index (κ2) is 6.90. The lowest BCUT2D eigenvalue weighted by Crippen LogP contribution is -2.37. The van der Waals surface area contributed by atoms with Gasteiger partial charge in [-0.25, -0.2) is 4.39 Å². The highest BCUT2D eigenvalue weighted by Crippen LogP contribution is 2.23. The number of halogens is 1. The maximum absolute atomic E-state index is 12.8. The van der Waals surface area contributed by atoms with Crippen LogP contribution in [0.25, 0.3) is 0 Å². The molecule has 0 spiro atoms. The lowest BCUT2D eigenvalue weighted by atomic mass is 9.87. The minimum Gasteiger partial charge on any atom is -0.373 e. The molecule has 1 N–H and O–H groups in total. The molecule has 1 fully saturated rings. The van der Waals surface area contributed by atoms with Gasteiger partial charge in [0.05, 0.1) is 0 Å².